The summed E-state index contributed by atoms with van der Waals surface area (Å²) < 4.78 is 0. The number of hydrogen-bond acceptors (Lipinski definition) is 4. The highest BCUT2D eigenvalue weighted by atomic mass is 35.5. The molecule has 1 saturated carbocycles. The highest BCUT2D eigenvalue weighted by Gasteiger charge is 2.25. The first-order valence-electron chi connectivity index (χ1n) is 9.56. The number of nitrogens with zero attached hydrogens (tertiary/aromatic N) is 1. The molecule has 0 unspecified atom stereocenters. The monoisotopic (exact) mass is 364 g/mol. The molecule has 0 aromatic heterocycles. The number of carbonyl (C=O) groups excluding carboxylic acids is 1. The fourth-order valence-electron chi connectivity index (χ4n) is 4.28. The Bertz CT molecular complexity index is 606. The molecule has 1 aliphatic heterocycles. The summed E-state index contributed by atoms with van der Waals surface area (Å²) in [5.41, 5.74) is 6.25. The number of halogens is 1. The lowest BCUT2D eigenvalue weighted by molar-refractivity contribution is 0.0911. The SMILES string of the molecule is Nc1cc(O)c(C(=O)CC2CCN(CC3CCCCC3)CC2)cc1Cl. The van der Waals surface area contributed by atoms with Crippen LogP contribution in [0.3, 0.4) is 0 Å². The number of ketones is 1. The number of rotatable bonds is 5. The number of phenols is 1. The average molecular weight is 365 g/mol. The lowest BCUT2D eigenvalue weighted by Gasteiger charge is -2.35. The second-order valence-corrected chi connectivity index (χ2v) is 8.17. The smallest absolute Gasteiger partial charge is 0.166 e. The number of anilines is 1. The van der Waals surface area contributed by atoms with Crippen LogP contribution >= 0.6 is 11.6 Å². The van der Waals surface area contributed by atoms with Gasteiger partial charge >= 0.3 is 0 Å². The van der Waals surface area contributed by atoms with Crippen molar-refractivity contribution < 1.29 is 9.90 Å². The van der Waals surface area contributed by atoms with Gasteiger partial charge in [0.05, 0.1) is 16.3 Å². The number of aromatic hydroxyl groups is 1. The lowest BCUT2D eigenvalue weighted by atomic mass is 9.86. The van der Waals surface area contributed by atoms with Crippen molar-refractivity contribution in [2.45, 2.75) is 51.4 Å². The van der Waals surface area contributed by atoms with E-state index in [1.807, 2.05) is 0 Å². The second-order valence-electron chi connectivity index (χ2n) is 7.77. The van der Waals surface area contributed by atoms with Gasteiger partial charge in [0.15, 0.2) is 5.78 Å². The number of carbonyl (C=O) groups is 1. The van der Waals surface area contributed by atoms with Crippen LogP contribution in [0, 0.1) is 11.8 Å². The third-order valence-electron chi connectivity index (χ3n) is 5.84. The van der Waals surface area contributed by atoms with E-state index in [-0.39, 0.29) is 11.5 Å². The van der Waals surface area contributed by atoms with E-state index in [0.717, 1.165) is 31.8 Å². The van der Waals surface area contributed by atoms with Gasteiger partial charge in [-0.05, 0) is 56.7 Å². The van der Waals surface area contributed by atoms with Gasteiger partial charge in [-0.15, -0.1) is 0 Å². The predicted octanol–water partition coefficient (Wildman–Crippen LogP) is 4.49. The first-order valence-corrected chi connectivity index (χ1v) is 9.94. The zero-order valence-electron chi connectivity index (χ0n) is 14.8. The van der Waals surface area contributed by atoms with Gasteiger partial charge in [-0.1, -0.05) is 30.9 Å². The summed E-state index contributed by atoms with van der Waals surface area (Å²) in [6.45, 7) is 3.40. The van der Waals surface area contributed by atoms with Crippen LogP contribution in [0.1, 0.15) is 61.7 Å². The number of benzene rings is 1. The highest BCUT2D eigenvalue weighted by molar-refractivity contribution is 6.33. The van der Waals surface area contributed by atoms with Crippen LogP contribution in [0.15, 0.2) is 12.1 Å². The maximum atomic E-state index is 12.5. The van der Waals surface area contributed by atoms with Gasteiger partial charge in [0, 0.05) is 19.0 Å². The van der Waals surface area contributed by atoms with Gasteiger partial charge in [-0.2, -0.15) is 0 Å². The molecule has 0 spiro atoms. The molecule has 3 rings (SSSR count). The van der Waals surface area contributed by atoms with E-state index in [2.05, 4.69) is 4.90 Å². The number of nitrogen functional groups attached to an aromatic ring is 1. The van der Waals surface area contributed by atoms with E-state index in [9.17, 15) is 9.90 Å². The molecule has 1 aromatic carbocycles. The number of nitrogens with two attached hydrogens (primary N) is 1. The molecule has 2 fully saturated rings. The van der Waals surface area contributed by atoms with Crippen molar-refractivity contribution in [2.75, 3.05) is 25.4 Å². The van der Waals surface area contributed by atoms with E-state index in [1.54, 1.807) is 0 Å². The summed E-state index contributed by atoms with van der Waals surface area (Å²) >= 11 is 5.99. The van der Waals surface area contributed by atoms with Gasteiger partial charge < -0.3 is 15.7 Å². The van der Waals surface area contributed by atoms with Crippen LogP contribution in [-0.4, -0.2) is 35.4 Å². The number of phenolic OH excluding ortho intramolecular Hbond substituents is 1. The van der Waals surface area contributed by atoms with E-state index in [1.165, 1.54) is 50.8 Å². The molecule has 1 heterocycles. The van der Waals surface area contributed by atoms with Crippen molar-refractivity contribution in [3.05, 3.63) is 22.7 Å². The van der Waals surface area contributed by atoms with Crippen molar-refractivity contribution in [2.24, 2.45) is 11.8 Å². The van der Waals surface area contributed by atoms with Crippen LogP contribution in [-0.2, 0) is 0 Å². The van der Waals surface area contributed by atoms with Crippen molar-refractivity contribution in [1.29, 1.82) is 0 Å². The molecule has 138 valence electrons. The van der Waals surface area contributed by atoms with Crippen LogP contribution in [0.5, 0.6) is 5.75 Å². The van der Waals surface area contributed by atoms with Crippen molar-refractivity contribution in [1.82, 2.24) is 4.90 Å². The molecule has 0 bridgehead atoms. The van der Waals surface area contributed by atoms with Gasteiger partial charge in [0.1, 0.15) is 5.75 Å². The minimum atomic E-state index is -0.0679. The standard InChI is InChI=1S/C20H29ClN2O2/c21-17-11-16(20(25)12-18(17)22)19(24)10-14-6-8-23(9-7-14)13-15-4-2-1-3-5-15/h11-12,14-15,25H,1-10,13,22H2. The van der Waals surface area contributed by atoms with Gasteiger partial charge in [-0.3, -0.25) is 4.79 Å². The summed E-state index contributed by atoms with van der Waals surface area (Å²) in [5, 5.41) is 10.3. The Morgan fingerprint density at radius 3 is 2.48 bits per heavy atom. The molecule has 2 aliphatic rings. The summed E-state index contributed by atoms with van der Waals surface area (Å²) in [6.07, 6.45) is 9.55. The summed E-state index contributed by atoms with van der Waals surface area (Å²) in [4.78, 5) is 15.1. The summed E-state index contributed by atoms with van der Waals surface area (Å²) in [7, 11) is 0. The van der Waals surface area contributed by atoms with Crippen molar-refractivity contribution in [3.8, 4) is 5.75 Å². The molecular formula is C20H29ClN2O2. The Morgan fingerprint density at radius 2 is 1.80 bits per heavy atom. The van der Waals surface area contributed by atoms with Gasteiger partial charge in [0.25, 0.3) is 0 Å². The number of Topliss-reactive ketones (excluding diaryl/α,β-unsaturated/α-hetero) is 1. The van der Waals surface area contributed by atoms with Crippen LogP contribution < -0.4 is 5.73 Å². The fourth-order valence-corrected chi connectivity index (χ4v) is 4.45. The topological polar surface area (TPSA) is 66.6 Å². The van der Waals surface area contributed by atoms with Crippen LogP contribution in [0.4, 0.5) is 5.69 Å². The molecule has 5 heteroatoms. The second kappa shape index (κ2) is 8.41. The zero-order valence-corrected chi connectivity index (χ0v) is 15.6. The van der Waals surface area contributed by atoms with Crippen molar-refractivity contribution in [3.63, 3.8) is 0 Å². The minimum Gasteiger partial charge on any atom is -0.507 e. The van der Waals surface area contributed by atoms with E-state index >= 15 is 0 Å². The Morgan fingerprint density at radius 1 is 1.12 bits per heavy atom. The lowest BCUT2D eigenvalue weighted by Crippen LogP contribution is -2.38. The van der Waals surface area contributed by atoms with E-state index in [0.29, 0.717) is 28.6 Å². The maximum absolute atomic E-state index is 12.5. The average Bonchev–Trinajstić information content (AvgIpc) is 2.60. The molecule has 0 radical (unpaired) electrons. The molecule has 1 saturated heterocycles. The zero-order chi connectivity index (χ0) is 17.8. The third-order valence-corrected chi connectivity index (χ3v) is 6.17. The largest absolute Gasteiger partial charge is 0.507 e. The van der Waals surface area contributed by atoms with Crippen molar-refractivity contribution >= 4 is 23.1 Å². The third kappa shape index (κ3) is 4.89. The number of likely N-dealkylation sites (tertiary alicyclic amines) is 1. The fraction of sp³-hybridized carbons (Fsp3) is 0.650. The molecule has 4 nitrogen and oxygen atoms in total. The van der Waals surface area contributed by atoms with E-state index < -0.39 is 0 Å². The van der Waals surface area contributed by atoms with Crippen LogP contribution in [0.2, 0.25) is 5.02 Å². The minimum absolute atomic E-state index is 0.0369. The normalized spacial score (nSPS) is 20.7. The van der Waals surface area contributed by atoms with Crippen LogP contribution in [0.25, 0.3) is 0 Å². The maximum Gasteiger partial charge on any atom is 0.166 e. The molecular weight excluding hydrogens is 336 g/mol. The number of hydrogen-bond donors (Lipinski definition) is 2. The molecule has 0 amide bonds. The molecule has 1 aromatic rings. The predicted molar refractivity (Wildman–Crippen MR) is 102 cm³/mol. The first-order chi connectivity index (χ1) is 12.0. The number of piperidine rings is 1. The Hall–Kier alpha value is -1.26. The first kappa shape index (κ1) is 18.5. The molecule has 1 aliphatic carbocycles. The highest BCUT2D eigenvalue weighted by Crippen LogP contribution is 2.31. The molecule has 0 atom stereocenters. The Balaban J connectivity index is 1.48. The summed E-state index contributed by atoms with van der Waals surface area (Å²) in [6, 6.07) is 2.86. The quantitative estimate of drug-likeness (QED) is 0.596. The molecule has 3 N–H and O–H groups in total. The van der Waals surface area contributed by atoms with Gasteiger partial charge in [-0.25, -0.2) is 0 Å². The summed E-state index contributed by atoms with van der Waals surface area (Å²) in [5.74, 6) is 1.17. The molecule has 25 heavy (non-hydrogen) atoms. The van der Waals surface area contributed by atoms with Gasteiger partial charge in [0.2, 0.25) is 0 Å². The Labute approximate surface area is 155 Å². The van der Waals surface area contributed by atoms with E-state index in [4.69, 9.17) is 17.3 Å². The Kier molecular flexibility index (Phi) is 6.24.